The normalized spacial score (nSPS) is 17.6. The number of methoxy groups -OCH3 is 1. The maximum atomic E-state index is 13.3. The fourth-order valence-electron chi connectivity index (χ4n) is 3.47. The molecule has 1 saturated carbocycles. The number of alkyl halides is 3. The topological polar surface area (TPSA) is 94.3 Å². The number of ether oxygens (including phenoxy) is 3. The highest BCUT2D eigenvalue weighted by Gasteiger charge is 2.40. The number of aliphatic hydroxyl groups excluding tert-OH is 1. The van der Waals surface area contributed by atoms with Gasteiger partial charge in [0, 0.05) is 12.0 Å². The van der Waals surface area contributed by atoms with Gasteiger partial charge >= 0.3 is 6.61 Å². The smallest absolute Gasteiger partial charge is 0.387 e. The molecule has 3 aromatic rings. The van der Waals surface area contributed by atoms with Gasteiger partial charge in [-0.15, -0.1) is 0 Å². The van der Waals surface area contributed by atoms with E-state index in [1.165, 1.54) is 30.0 Å². The average molecular weight is 479 g/mol. The standard InChI is InChI=1S/C23H24F3N3O5/c1-23(2,11-30)34-13-4-5-17-14(9-27-29(17)10-13)12-6-18(32-3)20(19(7-12)33-22(25)26)21(31)28-16-8-15(16)24/h4-7,9-10,15-16,22,30H,8,11H2,1-3H3,(H,28,31). The minimum absolute atomic E-state index is 0.00860. The Morgan fingerprint density at radius 2 is 2.03 bits per heavy atom. The van der Waals surface area contributed by atoms with Gasteiger partial charge in [0.25, 0.3) is 5.91 Å². The van der Waals surface area contributed by atoms with Gasteiger partial charge in [-0.1, -0.05) is 0 Å². The number of hydrogen-bond acceptors (Lipinski definition) is 6. The van der Waals surface area contributed by atoms with Gasteiger partial charge in [0.15, 0.2) is 0 Å². The lowest BCUT2D eigenvalue weighted by Gasteiger charge is -2.23. The third-order valence-electron chi connectivity index (χ3n) is 5.33. The van der Waals surface area contributed by atoms with Crippen molar-refractivity contribution in [3.8, 4) is 28.4 Å². The number of carbonyl (C=O) groups excluding carboxylic acids is 1. The molecule has 0 saturated heterocycles. The molecule has 4 rings (SSSR count). The third kappa shape index (κ3) is 4.89. The van der Waals surface area contributed by atoms with E-state index >= 15 is 0 Å². The van der Waals surface area contributed by atoms with E-state index in [1.807, 2.05) is 0 Å². The maximum absolute atomic E-state index is 13.3. The molecule has 1 amide bonds. The highest BCUT2D eigenvalue weighted by molar-refractivity contribution is 6.01. The molecule has 1 fully saturated rings. The van der Waals surface area contributed by atoms with Crippen LogP contribution in [0, 0.1) is 0 Å². The molecule has 2 heterocycles. The second-order valence-electron chi connectivity index (χ2n) is 8.53. The molecule has 0 aliphatic heterocycles. The molecule has 0 spiro atoms. The summed E-state index contributed by atoms with van der Waals surface area (Å²) in [6.07, 6.45) is 2.15. The summed E-state index contributed by atoms with van der Waals surface area (Å²) in [5.74, 6) is -0.705. The van der Waals surface area contributed by atoms with Gasteiger partial charge in [0.2, 0.25) is 0 Å². The predicted molar refractivity (Wildman–Crippen MR) is 116 cm³/mol. The van der Waals surface area contributed by atoms with Gasteiger partial charge in [-0.25, -0.2) is 8.91 Å². The zero-order valence-electron chi connectivity index (χ0n) is 18.7. The number of hydrogen-bond donors (Lipinski definition) is 2. The first-order valence-corrected chi connectivity index (χ1v) is 10.5. The van der Waals surface area contributed by atoms with Crippen molar-refractivity contribution in [1.82, 2.24) is 14.9 Å². The number of pyridine rings is 1. The van der Waals surface area contributed by atoms with E-state index in [9.17, 15) is 23.1 Å². The Labute approximate surface area is 193 Å². The average Bonchev–Trinajstić information content (AvgIpc) is 3.30. The van der Waals surface area contributed by atoms with Crippen LogP contribution in [-0.4, -0.2) is 58.8 Å². The summed E-state index contributed by atoms with van der Waals surface area (Å²) in [6, 6.07) is 5.54. The number of aromatic nitrogens is 2. The zero-order valence-corrected chi connectivity index (χ0v) is 18.7. The van der Waals surface area contributed by atoms with Crippen LogP contribution in [0.4, 0.5) is 13.2 Å². The maximum Gasteiger partial charge on any atom is 0.387 e. The molecule has 2 atom stereocenters. The van der Waals surface area contributed by atoms with Crippen molar-refractivity contribution >= 4 is 11.4 Å². The number of benzene rings is 1. The molecule has 0 bridgehead atoms. The van der Waals surface area contributed by atoms with Gasteiger partial charge in [-0.05, 0) is 43.7 Å². The monoisotopic (exact) mass is 479 g/mol. The first-order valence-electron chi connectivity index (χ1n) is 10.5. The van der Waals surface area contributed by atoms with Crippen LogP contribution in [0.3, 0.4) is 0 Å². The van der Waals surface area contributed by atoms with Crippen molar-refractivity contribution < 1.29 is 37.3 Å². The number of nitrogens with zero attached hydrogens (tertiary/aromatic N) is 2. The minimum atomic E-state index is -3.19. The predicted octanol–water partition coefficient (Wildman–Crippen LogP) is 3.60. The summed E-state index contributed by atoms with van der Waals surface area (Å²) in [5, 5.41) is 16.2. The van der Waals surface area contributed by atoms with Crippen LogP contribution >= 0.6 is 0 Å². The number of aliphatic hydroxyl groups is 1. The van der Waals surface area contributed by atoms with Crippen LogP contribution in [0.5, 0.6) is 17.2 Å². The van der Waals surface area contributed by atoms with E-state index in [1.54, 1.807) is 32.2 Å². The quantitative estimate of drug-likeness (QED) is 0.487. The van der Waals surface area contributed by atoms with Crippen LogP contribution < -0.4 is 19.5 Å². The Balaban J connectivity index is 1.74. The molecule has 0 radical (unpaired) electrons. The molecule has 2 N–H and O–H groups in total. The van der Waals surface area contributed by atoms with Crippen molar-refractivity contribution in [2.75, 3.05) is 13.7 Å². The number of nitrogens with one attached hydrogen (secondary N) is 1. The molecular weight excluding hydrogens is 455 g/mol. The minimum Gasteiger partial charge on any atom is -0.496 e. The lowest BCUT2D eigenvalue weighted by atomic mass is 10.0. The first-order chi connectivity index (χ1) is 16.1. The molecular formula is C23H24F3N3O5. The number of rotatable bonds is 9. The molecule has 8 nitrogen and oxygen atoms in total. The first kappa shape index (κ1) is 23.7. The van der Waals surface area contributed by atoms with Crippen LogP contribution in [0.2, 0.25) is 0 Å². The summed E-state index contributed by atoms with van der Waals surface area (Å²) < 4.78 is 56.8. The Morgan fingerprint density at radius 3 is 2.65 bits per heavy atom. The number of carbonyl (C=O) groups is 1. The van der Waals surface area contributed by atoms with Gasteiger partial charge in [0.05, 0.1) is 37.7 Å². The van der Waals surface area contributed by atoms with E-state index in [0.29, 0.717) is 22.4 Å². The van der Waals surface area contributed by atoms with Crippen molar-refractivity contribution in [3.63, 3.8) is 0 Å². The van der Waals surface area contributed by atoms with E-state index < -0.39 is 36.1 Å². The van der Waals surface area contributed by atoms with Crippen molar-refractivity contribution in [2.45, 2.75) is 44.7 Å². The summed E-state index contributed by atoms with van der Waals surface area (Å²) in [5.41, 5.74) is 0.553. The Morgan fingerprint density at radius 1 is 1.32 bits per heavy atom. The summed E-state index contributed by atoms with van der Waals surface area (Å²) in [6.45, 7) is 0.0863. The Kier molecular flexibility index (Phi) is 6.30. The van der Waals surface area contributed by atoms with Gasteiger partial charge in [-0.2, -0.15) is 13.9 Å². The molecule has 2 aromatic heterocycles. The molecule has 1 aliphatic rings. The van der Waals surface area contributed by atoms with Crippen molar-refractivity contribution in [1.29, 1.82) is 0 Å². The summed E-state index contributed by atoms with van der Waals surface area (Å²) in [7, 11) is 1.29. The molecule has 34 heavy (non-hydrogen) atoms. The van der Waals surface area contributed by atoms with Gasteiger partial charge in [-0.3, -0.25) is 4.79 Å². The van der Waals surface area contributed by atoms with Crippen molar-refractivity contribution in [3.05, 3.63) is 42.2 Å². The van der Waals surface area contributed by atoms with E-state index in [-0.39, 0.29) is 24.3 Å². The van der Waals surface area contributed by atoms with E-state index in [2.05, 4.69) is 15.2 Å². The van der Waals surface area contributed by atoms with Crippen LogP contribution in [-0.2, 0) is 0 Å². The third-order valence-corrected chi connectivity index (χ3v) is 5.33. The summed E-state index contributed by atoms with van der Waals surface area (Å²) in [4.78, 5) is 12.7. The van der Waals surface area contributed by atoms with Gasteiger partial charge in [0.1, 0.15) is 34.6 Å². The molecule has 1 aromatic carbocycles. The lowest BCUT2D eigenvalue weighted by molar-refractivity contribution is -0.0502. The van der Waals surface area contributed by atoms with E-state index in [0.717, 1.165) is 0 Å². The highest BCUT2D eigenvalue weighted by Crippen LogP contribution is 2.38. The number of halogens is 3. The molecule has 2 unspecified atom stereocenters. The van der Waals surface area contributed by atoms with Crippen molar-refractivity contribution in [2.24, 2.45) is 0 Å². The second kappa shape index (κ2) is 9.05. The Hall–Kier alpha value is -3.47. The summed E-state index contributed by atoms with van der Waals surface area (Å²) >= 11 is 0. The van der Waals surface area contributed by atoms with Crippen LogP contribution in [0.25, 0.3) is 16.6 Å². The second-order valence-corrected chi connectivity index (χ2v) is 8.53. The van der Waals surface area contributed by atoms with Crippen LogP contribution in [0.1, 0.15) is 30.6 Å². The molecule has 1 aliphatic carbocycles. The zero-order chi connectivity index (χ0) is 24.6. The number of fused-ring (bicyclic) bond motifs is 1. The largest absolute Gasteiger partial charge is 0.496 e. The highest BCUT2D eigenvalue weighted by atomic mass is 19.3. The number of amides is 1. The Bertz CT molecular complexity index is 1210. The molecule has 11 heteroatoms. The molecule has 182 valence electrons. The van der Waals surface area contributed by atoms with Crippen LogP contribution in [0.15, 0.2) is 36.7 Å². The lowest BCUT2D eigenvalue weighted by Crippen LogP contribution is -2.32. The fourth-order valence-corrected chi connectivity index (χ4v) is 3.47. The van der Waals surface area contributed by atoms with Gasteiger partial charge < -0.3 is 24.6 Å². The SMILES string of the molecule is COc1cc(-c2cnn3cc(OC(C)(C)CO)ccc23)cc(OC(F)F)c1C(=O)NC1CC1F. The van der Waals surface area contributed by atoms with E-state index in [4.69, 9.17) is 9.47 Å². The fraction of sp³-hybridized carbons (Fsp3) is 0.391.